The predicted octanol–water partition coefficient (Wildman–Crippen LogP) is 3.01. The quantitative estimate of drug-likeness (QED) is 0.900. The van der Waals surface area contributed by atoms with Gasteiger partial charge in [-0.3, -0.25) is 0 Å². The van der Waals surface area contributed by atoms with Crippen molar-refractivity contribution in [3.8, 4) is 0 Å². The van der Waals surface area contributed by atoms with Crippen molar-refractivity contribution in [2.75, 3.05) is 11.9 Å². The predicted molar refractivity (Wildman–Crippen MR) is 66.3 cm³/mol. The van der Waals surface area contributed by atoms with Crippen molar-refractivity contribution in [1.29, 1.82) is 0 Å². The fourth-order valence-corrected chi connectivity index (χ4v) is 3.35. The molecule has 0 aliphatic heterocycles. The van der Waals surface area contributed by atoms with E-state index in [-0.39, 0.29) is 12.1 Å². The van der Waals surface area contributed by atoms with E-state index in [0.717, 1.165) is 22.6 Å². The minimum Gasteiger partial charge on any atom is -0.394 e. The number of nitrogens with one attached hydrogen (secondary N) is 1. The minimum absolute atomic E-state index is 0.129. The molecule has 1 saturated carbocycles. The first-order valence-corrected chi connectivity index (χ1v) is 6.91. The molecule has 0 saturated heterocycles. The summed E-state index contributed by atoms with van der Waals surface area (Å²) in [4.78, 5) is 4.31. The van der Waals surface area contributed by atoms with Gasteiger partial charge in [0, 0.05) is 5.38 Å². The van der Waals surface area contributed by atoms with Crippen LogP contribution in [0.1, 0.15) is 32.1 Å². The lowest BCUT2D eigenvalue weighted by Gasteiger charge is -2.36. The van der Waals surface area contributed by atoms with E-state index in [1.54, 1.807) is 11.3 Å². The van der Waals surface area contributed by atoms with E-state index in [0.29, 0.717) is 0 Å². The van der Waals surface area contributed by atoms with Gasteiger partial charge < -0.3 is 10.4 Å². The molecule has 1 aromatic rings. The number of hydrogen-bond donors (Lipinski definition) is 2. The van der Waals surface area contributed by atoms with Gasteiger partial charge in [0.1, 0.15) is 4.60 Å². The molecule has 1 aliphatic rings. The van der Waals surface area contributed by atoms with Gasteiger partial charge in [-0.1, -0.05) is 19.3 Å². The zero-order chi connectivity index (χ0) is 10.7. The first-order valence-electron chi connectivity index (χ1n) is 5.24. The van der Waals surface area contributed by atoms with Gasteiger partial charge in [-0.05, 0) is 28.8 Å². The van der Waals surface area contributed by atoms with Crippen molar-refractivity contribution in [3.05, 3.63) is 9.98 Å². The molecule has 0 aromatic carbocycles. The van der Waals surface area contributed by atoms with Gasteiger partial charge >= 0.3 is 0 Å². The maximum atomic E-state index is 9.51. The average Bonchev–Trinajstić information content (AvgIpc) is 2.65. The molecule has 1 aliphatic carbocycles. The second kappa shape index (κ2) is 4.80. The van der Waals surface area contributed by atoms with Crippen LogP contribution in [0.25, 0.3) is 0 Å². The topological polar surface area (TPSA) is 45.1 Å². The fraction of sp³-hybridized carbons (Fsp3) is 0.700. The van der Waals surface area contributed by atoms with Gasteiger partial charge in [-0.15, -0.1) is 11.3 Å². The largest absolute Gasteiger partial charge is 0.394 e. The number of anilines is 1. The lowest BCUT2D eigenvalue weighted by Crippen LogP contribution is -2.43. The molecule has 3 nitrogen and oxygen atoms in total. The van der Waals surface area contributed by atoms with Gasteiger partial charge in [0.25, 0.3) is 0 Å². The maximum absolute atomic E-state index is 9.51. The molecule has 84 valence electrons. The Bertz CT molecular complexity index is 323. The summed E-state index contributed by atoms with van der Waals surface area (Å²) in [6, 6.07) is 0. The van der Waals surface area contributed by atoms with E-state index in [9.17, 15) is 5.11 Å². The molecular weight excluding hydrogens is 276 g/mol. The van der Waals surface area contributed by atoms with Gasteiger partial charge in [0.15, 0.2) is 5.13 Å². The zero-order valence-corrected chi connectivity index (χ0v) is 10.9. The summed E-state index contributed by atoms with van der Waals surface area (Å²) in [7, 11) is 0. The first-order chi connectivity index (χ1) is 7.24. The van der Waals surface area contributed by atoms with Crippen molar-refractivity contribution in [2.45, 2.75) is 37.6 Å². The highest BCUT2D eigenvalue weighted by Crippen LogP contribution is 2.32. The van der Waals surface area contributed by atoms with E-state index in [2.05, 4.69) is 26.2 Å². The SMILES string of the molecule is OCC1(Nc2nc(Br)cs2)CCCCC1. The second-order valence-corrected chi connectivity index (χ2v) is 5.77. The molecule has 0 amide bonds. The molecule has 1 heterocycles. The Kier molecular flexibility index (Phi) is 3.64. The third kappa shape index (κ3) is 2.71. The van der Waals surface area contributed by atoms with E-state index in [1.807, 2.05) is 5.38 Å². The van der Waals surface area contributed by atoms with E-state index in [1.165, 1.54) is 19.3 Å². The van der Waals surface area contributed by atoms with E-state index >= 15 is 0 Å². The number of halogens is 1. The summed E-state index contributed by atoms with van der Waals surface area (Å²) < 4.78 is 0.860. The standard InChI is InChI=1S/C10H15BrN2OS/c11-8-6-15-9(12-8)13-10(7-14)4-2-1-3-5-10/h6,14H,1-5,7H2,(H,12,13). The lowest BCUT2D eigenvalue weighted by atomic mass is 9.82. The molecule has 2 rings (SSSR count). The monoisotopic (exact) mass is 290 g/mol. The van der Waals surface area contributed by atoms with Crippen LogP contribution in [0.2, 0.25) is 0 Å². The first kappa shape index (κ1) is 11.4. The Hall–Kier alpha value is -0.130. The number of hydrogen-bond acceptors (Lipinski definition) is 4. The molecular formula is C10H15BrN2OS. The Balaban J connectivity index is 2.06. The molecule has 0 unspecified atom stereocenters. The number of thiazole rings is 1. The van der Waals surface area contributed by atoms with E-state index < -0.39 is 0 Å². The lowest BCUT2D eigenvalue weighted by molar-refractivity contribution is 0.173. The van der Waals surface area contributed by atoms with Crippen molar-refractivity contribution < 1.29 is 5.11 Å². The van der Waals surface area contributed by atoms with Crippen LogP contribution in [-0.2, 0) is 0 Å². The molecule has 2 N–H and O–H groups in total. The Morgan fingerprint density at radius 1 is 1.47 bits per heavy atom. The van der Waals surface area contributed by atoms with E-state index in [4.69, 9.17) is 0 Å². The van der Waals surface area contributed by atoms with Crippen molar-refractivity contribution in [1.82, 2.24) is 4.98 Å². The fourth-order valence-electron chi connectivity index (χ4n) is 2.09. The van der Waals surface area contributed by atoms with Crippen molar-refractivity contribution in [2.24, 2.45) is 0 Å². The van der Waals surface area contributed by atoms with Crippen LogP contribution in [0.15, 0.2) is 9.98 Å². The van der Waals surface area contributed by atoms with Crippen LogP contribution in [-0.4, -0.2) is 22.2 Å². The van der Waals surface area contributed by atoms with Crippen LogP contribution >= 0.6 is 27.3 Å². The number of rotatable bonds is 3. The Morgan fingerprint density at radius 3 is 2.73 bits per heavy atom. The second-order valence-electron chi connectivity index (χ2n) is 4.10. The van der Waals surface area contributed by atoms with Crippen molar-refractivity contribution >= 4 is 32.4 Å². The molecule has 5 heteroatoms. The summed E-state index contributed by atoms with van der Waals surface area (Å²) in [5.74, 6) is 0. The summed E-state index contributed by atoms with van der Waals surface area (Å²) in [5.41, 5.74) is -0.129. The third-order valence-electron chi connectivity index (χ3n) is 2.96. The zero-order valence-electron chi connectivity index (χ0n) is 8.50. The van der Waals surface area contributed by atoms with Crippen LogP contribution in [0.5, 0.6) is 0 Å². The third-order valence-corrected chi connectivity index (χ3v) is 4.43. The van der Waals surface area contributed by atoms with Crippen LogP contribution in [0.3, 0.4) is 0 Å². The Labute approximate surface area is 102 Å². The molecule has 0 radical (unpaired) electrons. The van der Waals surface area contributed by atoms with Crippen LogP contribution in [0, 0.1) is 0 Å². The molecule has 0 atom stereocenters. The summed E-state index contributed by atoms with van der Waals surface area (Å²) >= 11 is 4.91. The molecule has 15 heavy (non-hydrogen) atoms. The number of aliphatic hydroxyl groups is 1. The summed E-state index contributed by atoms with van der Waals surface area (Å²) in [6.45, 7) is 0.199. The summed E-state index contributed by atoms with van der Waals surface area (Å²) in [5, 5.41) is 15.8. The maximum Gasteiger partial charge on any atom is 0.184 e. The number of aromatic nitrogens is 1. The van der Waals surface area contributed by atoms with Gasteiger partial charge in [0.05, 0.1) is 12.1 Å². The highest BCUT2D eigenvalue weighted by atomic mass is 79.9. The van der Waals surface area contributed by atoms with Gasteiger partial charge in [0.2, 0.25) is 0 Å². The van der Waals surface area contributed by atoms with Crippen LogP contribution < -0.4 is 5.32 Å². The highest BCUT2D eigenvalue weighted by Gasteiger charge is 2.31. The number of nitrogens with zero attached hydrogens (tertiary/aromatic N) is 1. The van der Waals surface area contributed by atoms with Gasteiger partial charge in [-0.25, -0.2) is 4.98 Å². The molecule has 0 spiro atoms. The van der Waals surface area contributed by atoms with Crippen LogP contribution in [0.4, 0.5) is 5.13 Å². The Morgan fingerprint density at radius 2 is 2.20 bits per heavy atom. The van der Waals surface area contributed by atoms with Crippen molar-refractivity contribution in [3.63, 3.8) is 0 Å². The smallest absolute Gasteiger partial charge is 0.184 e. The molecule has 1 fully saturated rings. The minimum atomic E-state index is -0.129. The molecule has 1 aromatic heterocycles. The summed E-state index contributed by atoms with van der Waals surface area (Å²) in [6.07, 6.45) is 5.76. The number of aliphatic hydroxyl groups excluding tert-OH is 1. The highest BCUT2D eigenvalue weighted by molar-refractivity contribution is 9.10. The average molecular weight is 291 g/mol. The normalized spacial score (nSPS) is 20.1. The van der Waals surface area contributed by atoms with Gasteiger partial charge in [-0.2, -0.15) is 0 Å². The molecule has 0 bridgehead atoms.